The van der Waals surface area contributed by atoms with E-state index in [9.17, 15) is 0 Å². The van der Waals surface area contributed by atoms with Gasteiger partial charge in [0.1, 0.15) is 0 Å². The van der Waals surface area contributed by atoms with Gasteiger partial charge in [-0.05, 0) is 62.0 Å². The Hall–Kier alpha value is -0.340. The molecule has 0 radical (unpaired) electrons. The largest absolute Gasteiger partial charge is 0.309 e. The highest BCUT2D eigenvalue weighted by Gasteiger charge is 2.25. The minimum atomic E-state index is 0.748. The zero-order valence-electron chi connectivity index (χ0n) is 11.7. The number of aryl methyl sites for hydroxylation is 2. The van der Waals surface area contributed by atoms with Crippen LogP contribution in [0.3, 0.4) is 0 Å². The summed E-state index contributed by atoms with van der Waals surface area (Å²) in [6.45, 7) is 5.92. The summed E-state index contributed by atoms with van der Waals surface area (Å²) in [6.07, 6.45) is 8.21. The number of fused-ring (bicyclic) bond motifs is 1. The molecule has 0 aromatic carbocycles. The summed E-state index contributed by atoms with van der Waals surface area (Å²) in [4.78, 5) is 3.22. The molecule has 18 heavy (non-hydrogen) atoms. The fourth-order valence-electron chi connectivity index (χ4n) is 3.68. The number of thiophene rings is 1. The van der Waals surface area contributed by atoms with E-state index in [2.05, 4.69) is 25.2 Å². The van der Waals surface area contributed by atoms with Gasteiger partial charge in [-0.2, -0.15) is 0 Å². The topological polar surface area (TPSA) is 12.0 Å². The lowest BCUT2D eigenvalue weighted by atomic mass is 9.80. The molecule has 1 N–H and O–H groups in total. The van der Waals surface area contributed by atoms with E-state index < -0.39 is 0 Å². The van der Waals surface area contributed by atoms with Crippen molar-refractivity contribution in [2.75, 3.05) is 0 Å². The van der Waals surface area contributed by atoms with Gasteiger partial charge < -0.3 is 5.32 Å². The molecule has 1 aromatic heterocycles. The summed E-state index contributed by atoms with van der Waals surface area (Å²) in [6, 6.07) is 3.20. The van der Waals surface area contributed by atoms with Gasteiger partial charge in [0.05, 0.1) is 0 Å². The highest BCUT2D eigenvalue weighted by molar-refractivity contribution is 7.12. The molecule has 0 bridgehead atoms. The van der Waals surface area contributed by atoms with Gasteiger partial charge in [-0.25, -0.2) is 0 Å². The Morgan fingerprint density at radius 2 is 2.17 bits per heavy atom. The summed E-state index contributed by atoms with van der Waals surface area (Å²) in [5, 5.41) is 3.81. The van der Waals surface area contributed by atoms with Gasteiger partial charge >= 0.3 is 0 Å². The molecule has 1 fully saturated rings. The maximum Gasteiger partial charge on any atom is 0.0302 e. The molecule has 3 atom stereocenters. The van der Waals surface area contributed by atoms with E-state index in [0.29, 0.717) is 0 Å². The normalized spacial score (nSPS) is 31.6. The van der Waals surface area contributed by atoms with Crippen LogP contribution in [0.1, 0.15) is 54.8 Å². The molecule has 3 unspecified atom stereocenters. The molecule has 0 saturated heterocycles. The Bertz CT molecular complexity index is 388. The van der Waals surface area contributed by atoms with E-state index in [1.54, 1.807) is 15.3 Å². The van der Waals surface area contributed by atoms with Crippen LogP contribution in [0.2, 0.25) is 0 Å². The van der Waals surface area contributed by atoms with Crippen molar-refractivity contribution in [3.63, 3.8) is 0 Å². The number of hydrogen-bond acceptors (Lipinski definition) is 2. The maximum atomic E-state index is 3.81. The smallest absolute Gasteiger partial charge is 0.0302 e. The zero-order valence-corrected chi connectivity index (χ0v) is 12.5. The van der Waals surface area contributed by atoms with Gasteiger partial charge in [0.15, 0.2) is 0 Å². The molecule has 100 valence electrons. The van der Waals surface area contributed by atoms with Crippen LogP contribution in [0, 0.1) is 11.8 Å². The third-order valence-electron chi connectivity index (χ3n) is 4.77. The van der Waals surface area contributed by atoms with Crippen LogP contribution in [0.15, 0.2) is 6.07 Å². The van der Waals surface area contributed by atoms with Gasteiger partial charge in [-0.1, -0.05) is 13.8 Å². The predicted molar refractivity (Wildman–Crippen MR) is 79.2 cm³/mol. The molecule has 1 aromatic rings. The molecule has 0 spiro atoms. The molecule has 1 heterocycles. The second-order valence-corrected chi connectivity index (χ2v) is 7.62. The highest BCUT2D eigenvalue weighted by Crippen LogP contribution is 2.32. The third kappa shape index (κ3) is 2.65. The highest BCUT2D eigenvalue weighted by atomic mass is 32.1. The second kappa shape index (κ2) is 5.34. The van der Waals surface area contributed by atoms with E-state index in [-0.39, 0.29) is 0 Å². The van der Waals surface area contributed by atoms with E-state index in [4.69, 9.17) is 0 Å². The second-order valence-electron chi connectivity index (χ2n) is 6.40. The van der Waals surface area contributed by atoms with Crippen molar-refractivity contribution < 1.29 is 0 Å². The van der Waals surface area contributed by atoms with Crippen LogP contribution < -0.4 is 5.32 Å². The molecule has 2 heteroatoms. The molecule has 0 aliphatic heterocycles. The van der Waals surface area contributed by atoms with Crippen molar-refractivity contribution in [3.05, 3.63) is 21.4 Å². The average molecular weight is 263 g/mol. The van der Waals surface area contributed by atoms with Crippen molar-refractivity contribution in [1.82, 2.24) is 5.32 Å². The summed E-state index contributed by atoms with van der Waals surface area (Å²) >= 11 is 2.05. The van der Waals surface area contributed by atoms with Gasteiger partial charge in [-0.15, -0.1) is 11.3 Å². The lowest BCUT2D eigenvalue weighted by molar-refractivity contribution is 0.227. The summed E-state index contributed by atoms with van der Waals surface area (Å²) < 4.78 is 0. The number of rotatable bonds is 3. The van der Waals surface area contributed by atoms with Gasteiger partial charge in [0, 0.05) is 22.3 Å². The van der Waals surface area contributed by atoms with E-state index in [1.807, 2.05) is 11.3 Å². The van der Waals surface area contributed by atoms with E-state index in [0.717, 1.165) is 24.4 Å². The maximum absolute atomic E-state index is 3.81. The van der Waals surface area contributed by atoms with Crippen molar-refractivity contribution in [2.45, 2.75) is 65.0 Å². The fraction of sp³-hybridized carbons (Fsp3) is 0.750. The third-order valence-corrected chi connectivity index (χ3v) is 6.00. The standard InChI is InChI=1S/C16H25NS/c1-11-6-7-15(12(2)8-11)17-10-14-9-13-4-3-5-16(13)18-14/h9,11-12,15,17H,3-8,10H2,1-2H3. The van der Waals surface area contributed by atoms with Gasteiger partial charge in [-0.3, -0.25) is 0 Å². The van der Waals surface area contributed by atoms with Crippen molar-refractivity contribution >= 4 is 11.3 Å². The monoisotopic (exact) mass is 263 g/mol. The molecule has 1 nitrogen and oxygen atoms in total. The Kier molecular flexibility index (Phi) is 3.76. The molecule has 2 aliphatic carbocycles. The summed E-state index contributed by atoms with van der Waals surface area (Å²) in [5.41, 5.74) is 1.64. The van der Waals surface area contributed by atoms with Crippen molar-refractivity contribution in [1.29, 1.82) is 0 Å². The van der Waals surface area contributed by atoms with Crippen molar-refractivity contribution in [3.8, 4) is 0 Å². The van der Waals surface area contributed by atoms with Crippen LogP contribution in [0.25, 0.3) is 0 Å². The van der Waals surface area contributed by atoms with Gasteiger partial charge in [0.25, 0.3) is 0 Å². The fourth-order valence-corrected chi connectivity index (χ4v) is 4.89. The van der Waals surface area contributed by atoms with Crippen LogP contribution in [0.5, 0.6) is 0 Å². The molecule has 3 rings (SSSR count). The summed E-state index contributed by atoms with van der Waals surface area (Å²) in [5.74, 6) is 1.78. The Balaban J connectivity index is 1.54. The van der Waals surface area contributed by atoms with Crippen LogP contribution in [0.4, 0.5) is 0 Å². The SMILES string of the molecule is CC1CCC(NCc2cc3c(s2)CCC3)C(C)C1. The lowest BCUT2D eigenvalue weighted by Gasteiger charge is -2.33. The lowest BCUT2D eigenvalue weighted by Crippen LogP contribution is -2.38. The number of hydrogen-bond donors (Lipinski definition) is 1. The van der Waals surface area contributed by atoms with Crippen LogP contribution in [-0.2, 0) is 19.4 Å². The molecule has 2 aliphatic rings. The first-order chi connectivity index (χ1) is 8.72. The average Bonchev–Trinajstić information content (AvgIpc) is 2.88. The molecule has 0 amide bonds. The Morgan fingerprint density at radius 3 is 2.94 bits per heavy atom. The first-order valence-electron chi connectivity index (χ1n) is 7.56. The van der Waals surface area contributed by atoms with E-state index in [1.165, 1.54) is 38.5 Å². The van der Waals surface area contributed by atoms with Crippen LogP contribution in [-0.4, -0.2) is 6.04 Å². The molecular weight excluding hydrogens is 238 g/mol. The molecule has 1 saturated carbocycles. The predicted octanol–water partition coefficient (Wildman–Crippen LogP) is 4.15. The van der Waals surface area contributed by atoms with E-state index >= 15 is 0 Å². The zero-order chi connectivity index (χ0) is 12.5. The minimum absolute atomic E-state index is 0.748. The first kappa shape index (κ1) is 12.7. The Labute approximate surface area is 115 Å². The quantitative estimate of drug-likeness (QED) is 0.864. The van der Waals surface area contributed by atoms with Crippen LogP contribution >= 0.6 is 11.3 Å². The minimum Gasteiger partial charge on any atom is -0.309 e. The number of nitrogens with one attached hydrogen (secondary N) is 1. The first-order valence-corrected chi connectivity index (χ1v) is 8.38. The Morgan fingerprint density at radius 1 is 1.28 bits per heavy atom. The summed E-state index contributed by atoms with van der Waals surface area (Å²) in [7, 11) is 0. The molecular formula is C16H25NS. The van der Waals surface area contributed by atoms with Gasteiger partial charge in [0.2, 0.25) is 0 Å². The van der Waals surface area contributed by atoms with Crippen molar-refractivity contribution in [2.24, 2.45) is 11.8 Å².